The normalized spacial score (nSPS) is 16.5. The van der Waals surface area contributed by atoms with Gasteiger partial charge in [0.15, 0.2) is 0 Å². The van der Waals surface area contributed by atoms with Crippen LogP contribution in [0.25, 0.3) is 0 Å². The van der Waals surface area contributed by atoms with Gasteiger partial charge in [0.2, 0.25) is 11.8 Å². The SMILES string of the molecule is O=C(NCc1ccccc1)C1CCCN1C(=O)CCc1cccc(Cl)c1. The van der Waals surface area contributed by atoms with Gasteiger partial charge in [-0.15, -0.1) is 0 Å². The highest BCUT2D eigenvalue weighted by molar-refractivity contribution is 6.30. The Morgan fingerprint density at radius 2 is 1.85 bits per heavy atom. The summed E-state index contributed by atoms with van der Waals surface area (Å²) < 4.78 is 0. The van der Waals surface area contributed by atoms with Crippen molar-refractivity contribution in [1.82, 2.24) is 10.2 Å². The molecule has 0 saturated carbocycles. The standard InChI is InChI=1S/C21H23ClN2O2/c22-18-9-4-8-16(14-18)11-12-20(25)24-13-5-10-19(24)21(26)23-15-17-6-2-1-3-7-17/h1-4,6-9,14,19H,5,10-13,15H2,(H,23,26). The van der Waals surface area contributed by atoms with E-state index >= 15 is 0 Å². The summed E-state index contributed by atoms with van der Waals surface area (Å²) >= 11 is 5.99. The van der Waals surface area contributed by atoms with Crippen LogP contribution in [0.1, 0.15) is 30.4 Å². The molecule has 0 bridgehead atoms. The van der Waals surface area contributed by atoms with Gasteiger partial charge >= 0.3 is 0 Å². The molecule has 0 aliphatic carbocycles. The number of hydrogen-bond acceptors (Lipinski definition) is 2. The number of carbonyl (C=O) groups excluding carboxylic acids is 2. The molecule has 136 valence electrons. The molecule has 1 heterocycles. The third-order valence-corrected chi connectivity index (χ3v) is 4.94. The molecule has 1 unspecified atom stereocenters. The summed E-state index contributed by atoms with van der Waals surface area (Å²) in [5.74, 6) is -0.0372. The summed E-state index contributed by atoms with van der Waals surface area (Å²) in [6.45, 7) is 1.14. The van der Waals surface area contributed by atoms with Crippen LogP contribution in [0, 0.1) is 0 Å². The number of nitrogens with zero attached hydrogens (tertiary/aromatic N) is 1. The molecule has 1 aliphatic rings. The Labute approximate surface area is 159 Å². The largest absolute Gasteiger partial charge is 0.350 e. The van der Waals surface area contributed by atoms with Crippen LogP contribution < -0.4 is 5.32 Å². The Morgan fingerprint density at radius 1 is 1.08 bits per heavy atom. The molecule has 4 nitrogen and oxygen atoms in total. The molecule has 1 saturated heterocycles. The van der Waals surface area contributed by atoms with E-state index in [4.69, 9.17) is 11.6 Å². The van der Waals surface area contributed by atoms with Crippen LogP contribution in [-0.2, 0) is 22.6 Å². The second-order valence-electron chi connectivity index (χ2n) is 6.58. The molecule has 0 spiro atoms. The third kappa shape index (κ3) is 4.85. The molecular weight excluding hydrogens is 348 g/mol. The summed E-state index contributed by atoms with van der Waals surface area (Å²) in [5, 5.41) is 3.63. The van der Waals surface area contributed by atoms with Crippen LogP contribution in [-0.4, -0.2) is 29.3 Å². The van der Waals surface area contributed by atoms with Crippen molar-refractivity contribution in [3.63, 3.8) is 0 Å². The fourth-order valence-electron chi connectivity index (χ4n) is 3.33. The maximum atomic E-state index is 12.6. The van der Waals surface area contributed by atoms with E-state index in [1.807, 2.05) is 54.6 Å². The lowest BCUT2D eigenvalue weighted by molar-refractivity contribution is -0.138. The monoisotopic (exact) mass is 370 g/mol. The predicted octanol–water partition coefficient (Wildman–Crippen LogP) is 3.58. The van der Waals surface area contributed by atoms with Crippen LogP contribution >= 0.6 is 11.6 Å². The zero-order chi connectivity index (χ0) is 18.4. The topological polar surface area (TPSA) is 49.4 Å². The third-order valence-electron chi connectivity index (χ3n) is 4.70. The molecule has 1 N–H and O–H groups in total. The van der Waals surface area contributed by atoms with E-state index in [0.717, 1.165) is 24.0 Å². The Bertz CT molecular complexity index is 764. The summed E-state index contributed by atoms with van der Waals surface area (Å²) in [6, 6.07) is 17.0. The molecule has 3 rings (SSSR count). The van der Waals surface area contributed by atoms with Gasteiger partial charge in [-0.2, -0.15) is 0 Å². The zero-order valence-corrected chi connectivity index (χ0v) is 15.4. The van der Waals surface area contributed by atoms with Gasteiger partial charge in [0, 0.05) is 24.5 Å². The van der Waals surface area contributed by atoms with Gasteiger partial charge in [-0.05, 0) is 42.5 Å². The van der Waals surface area contributed by atoms with Gasteiger partial charge in [-0.1, -0.05) is 54.1 Å². The molecular formula is C21H23ClN2O2. The summed E-state index contributed by atoms with van der Waals surface area (Å²) in [5.41, 5.74) is 2.09. The van der Waals surface area contributed by atoms with Crippen LogP contribution in [0.15, 0.2) is 54.6 Å². The van der Waals surface area contributed by atoms with E-state index in [1.165, 1.54) is 0 Å². The molecule has 26 heavy (non-hydrogen) atoms. The van der Waals surface area contributed by atoms with E-state index in [2.05, 4.69) is 5.32 Å². The minimum atomic E-state index is -0.356. The molecule has 0 radical (unpaired) electrons. The number of hydrogen-bond donors (Lipinski definition) is 1. The molecule has 2 aromatic carbocycles. The fraction of sp³-hybridized carbons (Fsp3) is 0.333. The number of amides is 2. The fourth-order valence-corrected chi connectivity index (χ4v) is 3.54. The van der Waals surface area contributed by atoms with Crippen molar-refractivity contribution in [1.29, 1.82) is 0 Å². The van der Waals surface area contributed by atoms with Crippen molar-refractivity contribution in [2.75, 3.05) is 6.54 Å². The van der Waals surface area contributed by atoms with E-state index in [-0.39, 0.29) is 17.9 Å². The van der Waals surface area contributed by atoms with E-state index in [9.17, 15) is 9.59 Å². The van der Waals surface area contributed by atoms with E-state index in [0.29, 0.717) is 31.0 Å². The molecule has 2 amide bonds. The van der Waals surface area contributed by atoms with Crippen molar-refractivity contribution < 1.29 is 9.59 Å². The van der Waals surface area contributed by atoms with Gasteiger partial charge < -0.3 is 10.2 Å². The average molecular weight is 371 g/mol. The molecule has 1 fully saturated rings. The second-order valence-corrected chi connectivity index (χ2v) is 7.01. The minimum Gasteiger partial charge on any atom is -0.350 e. The first kappa shape index (κ1) is 18.5. The van der Waals surface area contributed by atoms with Gasteiger partial charge in [0.05, 0.1) is 0 Å². The molecule has 5 heteroatoms. The number of likely N-dealkylation sites (tertiary alicyclic amines) is 1. The van der Waals surface area contributed by atoms with Crippen LogP contribution in [0.4, 0.5) is 0 Å². The van der Waals surface area contributed by atoms with Crippen LogP contribution in [0.3, 0.4) is 0 Å². The molecule has 1 atom stereocenters. The maximum Gasteiger partial charge on any atom is 0.243 e. The lowest BCUT2D eigenvalue weighted by atomic mass is 10.1. The highest BCUT2D eigenvalue weighted by Gasteiger charge is 2.33. The van der Waals surface area contributed by atoms with Crippen molar-refractivity contribution in [3.05, 3.63) is 70.7 Å². The van der Waals surface area contributed by atoms with Gasteiger partial charge in [-0.25, -0.2) is 0 Å². The predicted molar refractivity (Wildman–Crippen MR) is 103 cm³/mol. The Hall–Kier alpha value is -2.33. The van der Waals surface area contributed by atoms with Crippen LogP contribution in [0.2, 0.25) is 5.02 Å². The highest BCUT2D eigenvalue weighted by Crippen LogP contribution is 2.20. The summed E-state index contributed by atoms with van der Waals surface area (Å²) in [6.07, 6.45) is 2.62. The number of aryl methyl sites for hydroxylation is 1. The van der Waals surface area contributed by atoms with Gasteiger partial charge in [-0.3, -0.25) is 9.59 Å². The lowest BCUT2D eigenvalue weighted by Crippen LogP contribution is -2.45. The van der Waals surface area contributed by atoms with E-state index < -0.39 is 0 Å². The Balaban J connectivity index is 1.53. The quantitative estimate of drug-likeness (QED) is 0.844. The zero-order valence-electron chi connectivity index (χ0n) is 14.7. The summed E-state index contributed by atoms with van der Waals surface area (Å²) in [4.78, 5) is 26.9. The highest BCUT2D eigenvalue weighted by atomic mass is 35.5. The Kier molecular flexibility index (Phi) is 6.29. The first-order chi connectivity index (χ1) is 12.6. The maximum absolute atomic E-state index is 12.6. The minimum absolute atomic E-state index is 0.0299. The van der Waals surface area contributed by atoms with Crippen molar-refractivity contribution in [2.24, 2.45) is 0 Å². The lowest BCUT2D eigenvalue weighted by Gasteiger charge is -2.24. The second kappa shape index (κ2) is 8.86. The van der Waals surface area contributed by atoms with E-state index in [1.54, 1.807) is 4.90 Å². The first-order valence-corrected chi connectivity index (χ1v) is 9.37. The number of halogens is 1. The first-order valence-electron chi connectivity index (χ1n) is 8.99. The number of rotatable bonds is 6. The number of nitrogens with one attached hydrogen (secondary N) is 1. The molecule has 0 aromatic heterocycles. The summed E-state index contributed by atoms with van der Waals surface area (Å²) in [7, 11) is 0. The van der Waals surface area contributed by atoms with Gasteiger partial charge in [0.1, 0.15) is 6.04 Å². The Morgan fingerprint density at radius 3 is 2.62 bits per heavy atom. The smallest absolute Gasteiger partial charge is 0.243 e. The number of benzene rings is 2. The number of carbonyl (C=O) groups is 2. The van der Waals surface area contributed by atoms with Crippen molar-refractivity contribution in [3.8, 4) is 0 Å². The van der Waals surface area contributed by atoms with Crippen LogP contribution in [0.5, 0.6) is 0 Å². The van der Waals surface area contributed by atoms with Crippen molar-refractivity contribution in [2.45, 2.75) is 38.3 Å². The van der Waals surface area contributed by atoms with Gasteiger partial charge in [0.25, 0.3) is 0 Å². The molecule has 2 aromatic rings. The van der Waals surface area contributed by atoms with Crippen molar-refractivity contribution >= 4 is 23.4 Å². The molecule has 1 aliphatic heterocycles. The average Bonchev–Trinajstić information content (AvgIpc) is 3.15.